The zero-order valence-electron chi connectivity index (χ0n) is 20.6. The Morgan fingerprint density at radius 2 is 1.67 bits per heavy atom. The highest BCUT2D eigenvalue weighted by molar-refractivity contribution is 6.40. The van der Waals surface area contributed by atoms with Crippen LogP contribution < -0.4 is 16.2 Å². The molecule has 2 aromatic carbocycles. The van der Waals surface area contributed by atoms with E-state index in [0.29, 0.717) is 68.7 Å². The summed E-state index contributed by atoms with van der Waals surface area (Å²) >= 11 is 19.0. The van der Waals surface area contributed by atoms with Crippen molar-refractivity contribution in [3.8, 4) is 17.1 Å². The lowest BCUT2D eigenvalue weighted by molar-refractivity contribution is 0.251. The Labute approximate surface area is 238 Å². The summed E-state index contributed by atoms with van der Waals surface area (Å²) in [4.78, 5) is 38.2. The van der Waals surface area contributed by atoms with E-state index in [1.807, 2.05) is 31.2 Å². The molecule has 9 nitrogen and oxygen atoms in total. The molecule has 3 heterocycles. The number of rotatable bonds is 7. The maximum atomic E-state index is 13.0. The first-order chi connectivity index (χ1) is 18.8. The van der Waals surface area contributed by atoms with Crippen molar-refractivity contribution < 1.29 is 4.79 Å². The van der Waals surface area contributed by atoms with Gasteiger partial charge in [0.2, 0.25) is 0 Å². The van der Waals surface area contributed by atoms with E-state index in [1.165, 1.54) is 0 Å². The number of amides is 2. The van der Waals surface area contributed by atoms with Gasteiger partial charge < -0.3 is 10.6 Å². The van der Waals surface area contributed by atoms with Crippen molar-refractivity contribution in [2.24, 2.45) is 0 Å². The minimum atomic E-state index is -0.396. The Morgan fingerprint density at radius 3 is 2.33 bits per heavy atom. The third-order valence-electron chi connectivity index (χ3n) is 6.00. The van der Waals surface area contributed by atoms with Gasteiger partial charge in [-0.05, 0) is 53.9 Å². The fraction of sp³-hybridized carbons (Fsp3) is 0.148. The fourth-order valence-corrected chi connectivity index (χ4v) is 5.12. The topological polar surface area (TPSA) is 118 Å². The largest absolute Gasteiger partial charge is 0.334 e. The molecule has 3 aromatic rings. The lowest BCUT2D eigenvalue weighted by Gasteiger charge is -2.12. The van der Waals surface area contributed by atoms with Gasteiger partial charge >= 0.3 is 6.03 Å². The van der Waals surface area contributed by atoms with Gasteiger partial charge in [0.25, 0.3) is 5.56 Å². The number of carbonyl (C=O) groups is 1. The summed E-state index contributed by atoms with van der Waals surface area (Å²) in [6.07, 6.45) is 4.19. The van der Waals surface area contributed by atoms with E-state index < -0.39 is 5.56 Å². The van der Waals surface area contributed by atoms with E-state index in [2.05, 4.69) is 25.7 Å². The number of anilines is 1. The van der Waals surface area contributed by atoms with Gasteiger partial charge in [-0.3, -0.25) is 14.9 Å². The normalized spacial score (nSPS) is 11.1. The van der Waals surface area contributed by atoms with E-state index in [4.69, 9.17) is 39.8 Å². The van der Waals surface area contributed by atoms with Crippen molar-refractivity contribution in [3.05, 3.63) is 109 Å². The first-order valence-electron chi connectivity index (χ1n) is 12.0. The zero-order chi connectivity index (χ0) is 27.5. The molecule has 2 aliphatic heterocycles. The second-order valence-corrected chi connectivity index (χ2v) is 9.93. The van der Waals surface area contributed by atoms with Crippen LogP contribution in [-0.4, -0.2) is 30.8 Å². The van der Waals surface area contributed by atoms with Gasteiger partial charge in [-0.25, -0.2) is 14.5 Å². The van der Waals surface area contributed by atoms with Gasteiger partial charge in [-0.1, -0.05) is 53.9 Å². The smallest absolute Gasteiger partial charge is 0.319 e. The van der Waals surface area contributed by atoms with Crippen LogP contribution in [0, 0.1) is 0 Å². The van der Waals surface area contributed by atoms with Gasteiger partial charge in [-0.15, -0.1) is 0 Å². The van der Waals surface area contributed by atoms with Crippen molar-refractivity contribution in [2.45, 2.75) is 26.3 Å². The standard InChI is InChI=1S/C27H22Cl3N7O2/c1-2-21-23-25(37(36-21)24-19(29)12-17(28)13-20(24)30)34-22(35-26(23)38)11-15-3-5-18(6-4-15)33-27(39)32-14-16-7-9-31-10-8-16/h3-10,12-13,36H,2,11,14H2,1H3,(H2,32,33,39). The summed E-state index contributed by atoms with van der Waals surface area (Å²) in [5.41, 5.74) is 3.51. The molecule has 0 bridgehead atoms. The summed E-state index contributed by atoms with van der Waals surface area (Å²) < 4.78 is 1.60. The Kier molecular flexibility index (Phi) is 7.83. The van der Waals surface area contributed by atoms with Crippen LogP contribution in [0.3, 0.4) is 0 Å². The van der Waals surface area contributed by atoms with Crippen molar-refractivity contribution in [1.82, 2.24) is 30.0 Å². The van der Waals surface area contributed by atoms with E-state index in [9.17, 15) is 9.59 Å². The predicted molar refractivity (Wildman–Crippen MR) is 152 cm³/mol. The van der Waals surface area contributed by atoms with Gasteiger partial charge in [0.1, 0.15) is 17.1 Å². The maximum Gasteiger partial charge on any atom is 0.319 e. The molecule has 3 N–H and O–H groups in total. The van der Waals surface area contributed by atoms with Crippen molar-refractivity contribution in [1.29, 1.82) is 0 Å². The number of aromatic nitrogens is 5. The molecule has 2 amide bonds. The third-order valence-corrected chi connectivity index (χ3v) is 6.79. The number of nitrogens with one attached hydrogen (secondary N) is 3. The molecule has 1 aromatic heterocycles. The van der Waals surface area contributed by atoms with Crippen LogP contribution in [0.2, 0.25) is 15.1 Å². The minimum absolute atomic E-state index is 0.300. The van der Waals surface area contributed by atoms with Crippen LogP contribution in [0.4, 0.5) is 10.5 Å². The van der Waals surface area contributed by atoms with Crippen LogP contribution in [0.15, 0.2) is 65.7 Å². The number of pyridine rings is 1. The lowest BCUT2D eigenvalue weighted by atomic mass is 10.1. The number of fused-ring (bicyclic) bond motifs is 1. The van der Waals surface area contributed by atoms with Crippen LogP contribution in [0.1, 0.15) is 29.6 Å². The van der Waals surface area contributed by atoms with Gasteiger partial charge in [-0.2, -0.15) is 4.98 Å². The summed E-state index contributed by atoms with van der Waals surface area (Å²) in [6.45, 7) is 2.30. The van der Waals surface area contributed by atoms with Gasteiger partial charge in [0.05, 0.1) is 10.0 Å². The lowest BCUT2D eigenvalue weighted by Crippen LogP contribution is -2.28. The highest BCUT2D eigenvalue weighted by atomic mass is 35.5. The van der Waals surface area contributed by atoms with Crippen molar-refractivity contribution >= 4 is 46.5 Å². The summed E-state index contributed by atoms with van der Waals surface area (Å²) in [5.74, 6) is 0.706. The summed E-state index contributed by atoms with van der Waals surface area (Å²) in [7, 11) is 0. The SMILES string of the molecule is CCc1[nH]n(-c2c(Cl)cc(Cl)cc2Cl)c2nc(Cc3ccc(NC(=O)NCc4ccncc4)cc3)nc(=O)c1-2. The Balaban J connectivity index is 1.37. The van der Waals surface area contributed by atoms with Crippen LogP contribution >= 0.6 is 34.8 Å². The first kappa shape index (κ1) is 26.7. The Morgan fingerprint density at radius 1 is 0.974 bits per heavy atom. The second-order valence-electron chi connectivity index (χ2n) is 8.68. The Hall–Kier alpha value is -3.92. The average Bonchev–Trinajstić information content (AvgIpc) is 3.27. The van der Waals surface area contributed by atoms with Crippen molar-refractivity contribution in [2.75, 3.05) is 5.32 Å². The Bertz CT molecular complexity index is 1640. The van der Waals surface area contributed by atoms with E-state index in [-0.39, 0.29) is 6.03 Å². The molecule has 0 unspecified atom stereocenters. The average molecular weight is 583 g/mol. The van der Waals surface area contributed by atoms with E-state index in [0.717, 1.165) is 11.1 Å². The number of urea groups is 1. The molecule has 0 atom stereocenters. The number of nitrogens with zero attached hydrogens (tertiary/aromatic N) is 4. The van der Waals surface area contributed by atoms with Crippen molar-refractivity contribution in [3.63, 3.8) is 0 Å². The number of carbonyl (C=O) groups excluding carboxylic acids is 1. The highest BCUT2D eigenvalue weighted by Crippen LogP contribution is 2.35. The van der Waals surface area contributed by atoms with Crippen LogP contribution in [-0.2, 0) is 19.4 Å². The molecule has 12 heteroatoms. The van der Waals surface area contributed by atoms with Gasteiger partial charge in [0, 0.05) is 41.8 Å². The molecule has 39 heavy (non-hydrogen) atoms. The van der Waals surface area contributed by atoms with Crippen LogP contribution in [0.5, 0.6) is 0 Å². The zero-order valence-corrected chi connectivity index (χ0v) is 22.9. The molecule has 198 valence electrons. The predicted octanol–water partition coefficient (Wildman–Crippen LogP) is 5.89. The molecule has 0 aliphatic carbocycles. The molecule has 0 spiro atoms. The molecule has 2 aliphatic rings. The number of aromatic amines is 1. The molecule has 0 radical (unpaired) electrons. The highest BCUT2D eigenvalue weighted by Gasteiger charge is 2.25. The molecular weight excluding hydrogens is 561 g/mol. The summed E-state index contributed by atoms with van der Waals surface area (Å²) in [6, 6.07) is 13.7. The fourth-order valence-electron chi connectivity index (χ4n) is 4.13. The minimum Gasteiger partial charge on any atom is -0.334 e. The molecule has 0 fully saturated rings. The number of hydrogen-bond donors (Lipinski definition) is 3. The molecule has 5 rings (SSSR count). The molecular formula is C27H22Cl3N7O2. The summed E-state index contributed by atoms with van der Waals surface area (Å²) in [5, 5.41) is 9.79. The quantitative estimate of drug-likeness (QED) is 0.221. The monoisotopic (exact) mass is 581 g/mol. The molecule has 0 saturated heterocycles. The first-order valence-corrected chi connectivity index (χ1v) is 13.1. The third kappa shape index (κ3) is 5.90. The number of halogens is 3. The number of hydrogen-bond acceptors (Lipinski definition) is 5. The van der Waals surface area contributed by atoms with Crippen LogP contribution in [0.25, 0.3) is 17.1 Å². The molecule has 0 saturated carbocycles. The number of benzene rings is 2. The number of aryl methyl sites for hydroxylation is 1. The van der Waals surface area contributed by atoms with E-state index in [1.54, 1.807) is 41.3 Å². The van der Waals surface area contributed by atoms with Gasteiger partial charge in [0.15, 0.2) is 5.82 Å². The second kappa shape index (κ2) is 11.4. The van der Waals surface area contributed by atoms with E-state index >= 15 is 0 Å². The number of H-pyrrole nitrogens is 1. The maximum absolute atomic E-state index is 13.0.